The lowest BCUT2D eigenvalue weighted by Gasteiger charge is -2.30. The number of rotatable bonds is 5. The number of hydrogen-bond donors (Lipinski definition) is 1. The Kier molecular flexibility index (Phi) is 4.65. The summed E-state index contributed by atoms with van der Waals surface area (Å²) in [7, 11) is 3.09. The molecule has 1 N–H and O–H groups in total. The van der Waals surface area contributed by atoms with Crippen LogP contribution in [-0.2, 0) is 16.0 Å². The molecule has 1 aromatic rings. The molecule has 0 radical (unpaired) electrons. The van der Waals surface area contributed by atoms with Gasteiger partial charge >= 0.3 is 6.03 Å². The molecular formula is C15H18N2O5. The molecular weight excluding hydrogens is 288 g/mol. The number of benzene rings is 1. The van der Waals surface area contributed by atoms with Gasteiger partial charge in [-0.3, -0.25) is 19.8 Å². The molecule has 7 nitrogen and oxygen atoms in total. The fourth-order valence-electron chi connectivity index (χ4n) is 2.45. The van der Waals surface area contributed by atoms with Gasteiger partial charge in [-0.1, -0.05) is 6.07 Å². The van der Waals surface area contributed by atoms with Crippen molar-refractivity contribution in [2.75, 3.05) is 14.2 Å². The Balaban J connectivity index is 2.14. The number of carbonyl (C=O) groups excluding carboxylic acids is 3. The summed E-state index contributed by atoms with van der Waals surface area (Å²) in [4.78, 5) is 35.9. The largest absolute Gasteiger partial charge is 0.493 e. The summed E-state index contributed by atoms with van der Waals surface area (Å²) < 4.78 is 10.4. The predicted molar refractivity (Wildman–Crippen MR) is 77.7 cm³/mol. The molecule has 0 aromatic heterocycles. The van der Waals surface area contributed by atoms with E-state index in [1.54, 1.807) is 26.2 Å². The Morgan fingerprint density at radius 1 is 1.18 bits per heavy atom. The first-order valence-electron chi connectivity index (χ1n) is 6.83. The summed E-state index contributed by atoms with van der Waals surface area (Å²) in [6.45, 7) is 1.75. The number of imide groups is 2. The normalized spacial score (nSPS) is 16.3. The molecule has 0 aliphatic carbocycles. The van der Waals surface area contributed by atoms with E-state index in [-0.39, 0.29) is 12.5 Å². The van der Waals surface area contributed by atoms with Crippen LogP contribution in [0.1, 0.15) is 18.9 Å². The highest BCUT2D eigenvalue weighted by Gasteiger charge is 2.34. The lowest BCUT2D eigenvalue weighted by atomic mass is 10.0. The van der Waals surface area contributed by atoms with Crippen LogP contribution < -0.4 is 14.8 Å². The Bertz CT molecular complexity index is 594. The number of amides is 4. The molecule has 7 heteroatoms. The van der Waals surface area contributed by atoms with Gasteiger partial charge < -0.3 is 9.47 Å². The highest BCUT2D eigenvalue weighted by atomic mass is 16.5. The molecule has 2 rings (SSSR count). The second-order valence-electron chi connectivity index (χ2n) is 5.04. The van der Waals surface area contributed by atoms with Crippen molar-refractivity contribution in [2.24, 2.45) is 0 Å². The Morgan fingerprint density at radius 3 is 2.45 bits per heavy atom. The fourth-order valence-corrected chi connectivity index (χ4v) is 2.45. The van der Waals surface area contributed by atoms with E-state index in [1.807, 2.05) is 6.07 Å². The monoisotopic (exact) mass is 306 g/mol. The van der Waals surface area contributed by atoms with Crippen LogP contribution in [0.15, 0.2) is 18.2 Å². The maximum Gasteiger partial charge on any atom is 0.331 e. The van der Waals surface area contributed by atoms with Gasteiger partial charge in [-0.15, -0.1) is 0 Å². The van der Waals surface area contributed by atoms with E-state index >= 15 is 0 Å². The summed E-state index contributed by atoms with van der Waals surface area (Å²) in [5.41, 5.74) is 0.891. The van der Waals surface area contributed by atoms with E-state index in [0.717, 1.165) is 10.5 Å². The summed E-state index contributed by atoms with van der Waals surface area (Å²) in [5, 5.41) is 2.15. The molecule has 1 aliphatic heterocycles. The van der Waals surface area contributed by atoms with Gasteiger partial charge in [0.25, 0.3) is 0 Å². The van der Waals surface area contributed by atoms with Crippen molar-refractivity contribution in [3.05, 3.63) is 23.8 Å². The van der Waals surface area contributed by atoms with Crippen LogP contribution in [0.3, 0.4) is 0 Å². The van der Waals surface area contributed by atoms with E-state index in [9.17, 15) is 14.4 Å². The molecule has 4 amide bonds. The van der Waals surface area contributed by atoms with E-state index in [1.165, 1.54) is 7.11 Å². The standard InChI is InChI=1S/C15H18N2O5/c1-9(17-14(19)8-13(18)16-15(17)20)6-10-4-5-11(21-2)12(7-10)22-3/h4-5,7,9H,6,8H2,1-3H3,(H,16,18,20). The van der Waals surface area contributed by atoms with Crippen molar-refractivity contribution in [2.45, 2.75) is 25.8 Å². The number of nitrogens with zero attached hydrogens (tertiary/aromatic N) is 1. The van der Waals surface area contributed by atoms with Gasteiger partial charge in [0.15, 0.2) is 11.5 Å². The van der Waals surface area contributed by atoms with E-state index in [2.05, 4.69) is 5.32 Å². The molecule has 1 aliphatic rings. The van der Waals surface area contributed by atoms with Crippen LogP contribution in [0.5, 0.6) is 11.5 Å². The topological polar surface area (TPSA) is 84.9 Å². The van der Waals surface area contributed by atoms with Gasteiger partial charge in [-0.05, 0) is 31.0 Å². The minimum absolute atomic E-state index is 0.304. The molecule has 0 saturated carbocycles. The fraction of sp³-hybridized carbons (Fsp3) is 0.400. The third-order valence-corrected chi connectivity index (χ3v) is 3.47. The molecule has 0 bridgehead atoms. The van der Waals surface area contributed by atoms with E-state index < -0.39 is 17.8 Å². The molecule has 1 atom stereocenters. The number of nitrogens with one attached hydrogen (secondary N) is 1. The predicted octanol–water partition coefficient (Wildman–Crippen LogP) is 1.10. The average Bonchev–Trinajstić information content (AvgIpc) is 2.45. The van der Waals surface area contributed by atoms with Gasteiger partial charge in [-0.25, -0.2) is 4.79 Å². The summed E-state index contributed by atoms with van der Waals surface area (Å²) in [6.07, 6.45) is 0.149. The van der Waals surface area contributed by atoms with Crippen LogP contribution >= 0.6 is 0 Å². The molecule has 1 heterocycles. The number of urea groups is 1. The van der Waals surface area contributed by atoms with Gasteiger partial charge in [0.05, 0.1) is 14.2 Å². The SMILES string of the molecule is COc1ccc(CC(C)N2C(=O)CC(=O)NC2=O)cc1OC. The van der Waals surface area contributed by atoms with Crippen molar-refractivity contribution in [3.8, 4) is 11.5 Å². The maximum absolute atomic E-state index is 11.9. The molecule has 1 aromatic carbocycles. The van der Waals surface area contributed by atoms with Gasteiger partial charge in [0.2, 0.25) is 11.8 Å². The number of ether oxygens (including phenoxy) is 2. The number of hydrogen-bond acceptors (Lipinski definition) is 5. The second kappa shape index (κ2) is 6.46. The molecule has 0 spiro atoms. The first-order chi connectivity index (χ1) is 10.5. The van der Waals surface area contributed by atoms with Crippen molar-refractivity contribution < 1.29 is 23.9 Å². The van der Waals surface area contributed by atoms with Crippen LogP contribution in [-0.4, -0.2) is 43.0 Å². The maximum atomic E-state index is 11.9. The minimum atomic E-state index is -0.672. The van der Waals surface area contributed by atoms with Gasteiger partial charge in [-0.2, -0.15) is 0 Å². The average molecular weight is 306 g/mol. The quantitative estimate of drug-likeness (QED) is 0.824. The zero-order chi connectivity index (χ0) is 16.3. The summed E-state index contributed by atoms with van der Waals surface area (Å²) in [5.74, 6) is 0.138. The zero-order valence-corrected chi connectivity index (χ0v) is 12.7. The lowest BCUT2D eigenvalue weighted by Crippen LogP contribution is -2.56. The highest BCUT2D eigenvalue weighted by molar-refractivity contribution is 6.14. The minimum Gasteiger partial charge on any atom is -0.493 e. The summed E-state index contributed by atoms with van der Waals surface area (Å²) >= 11 is 0. The van der Waals surface area contributed by atoms with Gasteiger partial charge in [0, 0.05) is 6.04 Å². The third kappa shape index (κ3) is 3.19. The Hall–Kier alpha value is -2.57. The Labute approximate surface area is 128 Å². The van der Waals surface area contributed by atoms with E-state index in [0.29, 0.717) is 17.9 Å². The first kappa shape index (κ1) is 15.8. The number of barbiturate groups is 1. The molecule has 118 valence electrons. The number of carbonyl (C=O) groups is 3. The molecule has 1 saturated heterocycles. The van der Waals surface area contributed by atoms with Crippen molar-refractivity contribution in [1.29, 1.82) is 0 Å². The van der Waals surface area contributed by atoms with Gasteiger partial charge in [0.1, 0.15) is 6.42 Å². The molecule has 1 fully saturated rings. The van der Waals surface area contributed by atoms with Crippen LogP contribution in [0.2, 0.25) is 0 Å². The third-order valence-electron chi connectivity index (χ3n) is 3.47. The number of methoxy groups -OCH3 is 2. The second-order valence-corrected chi connectivity index (χ2v) is 5.04. The smallest absolute Gasteiger partial charge is 0.331 e. The molecule has 22 heavy (non-hydrogen) atoms. The van der Waals surface area contributed by atoms with Crippen LogP contribution in [0, 0.1) is 0 Å². The summed E-state index contributed by atoms with van der Waals surface area (Å²) in [6, 6.07) is 4.36. The highest BCUT2D eigenvalue weighted by Crippen LogP contribution is 2.28. The lowest BCUT2D eigenvalue weighted by molar-refractivity contribution is -0.137. The van der Waals surface area contributed by atoms with Crippen molar-refractivity contribution >= 4 is 17.8 Å². The first-order valence-corrected chi connectivity index (χ1v) is 6.83. The van der Waals surface area contributed by atoms with Crippen molar-refractivity contribution in [1.82, 2.24) is 10.2 Å². The van der Waals surface area contributed by atoms with Crippen LogP contribution in [0.25, 0.3) is 0 Å². The van der Waals surface area contributed by atoms with Crippen LogP contribution in [0.4, 0.5) is 4.79 Å². The van der Waals surface area contributed by atoms with E-state index in [4.69, 9.17) is 9.47 Å². The zero-order valence-electron chi connectivity index (χ0n) is 12.7. The molecule has 1 unspecified atom stereocenters. The Morgan fingerprint density at radius 2 is 1.86 bits per heavy atom. The van der Waals surface area contributed by atoms with Crippen molar-refractivity contribution in [3.63, 3.8) is 0 Å².